The molecule has 1 amide bonds. The molecule has 206 valence electrons. The summed E-state index contributed by atoms with van der Waals surface area (Å²) in [6, 6.07) is 10.9. The van der Waals surface area contributed by atoms with Gasteiger partial charge in [-0.2, -0.15) is 4.31 Å². The molecule has 1 aliphatic heterocycles. The number of anilines is 3. The fourth-order valence-electron chi connectivity index (χ4n) is 3.88. The van der Waals surface area contributed by atoms with Gasteiger partial charge in [-0.3, -0.25) is 9.63 Å². The molecule has 0 atom stereocenters. The van der Waals surface area contributed by atoms with E-state index in [2.05, 4.69) is 22.4 Å². The first-order chi connectivity index (χ1) is 18.6. The largest absolute Gasteiger partial charge is 0.354 e. The number of hydrogen-bond acceptors (Lipinski definition) is 7. The van der Waals surface area contributed by atoms with Crippen LogP contribution in [0.3, 0.4) is 0 Å². The van der Waals surface area contributed by atoms with Crippen molar-refractivity contribution in [3.8, 4) is 0 Å². The molecule has 39 heavy (non-hydrogen) atoms. The first-order valence-corrected chi connectivity index (χ1v) is 14.5. The van der Waals surface area contributed by atoms with Crippen LogP contribution in [0.4, 0.5) is 26.0 Å². The van der Waals surface area contributed by atoms with Gasteiger partial charge in [0.2, 0.25) is 10.0 Å². The number of amides is 1. The van der Waals surface area contributed by atoms with Crippen LogP contribution in [0.2, 0.25) is 5.02 Å². The predicted molar refractivity (Wildman–Crippen MR) is 153 cm³/mol. The van der Waals surface area contributed by atoms with Gasteiger partial charge in [0.1, 0.15) is 10.7 Å². The van der Waals surface area contributed by atoms with Crippen molar-refractivity contribution in [2.75, 3.05) is 43.0 Å². The molecular formula is C25H23ClF2IN5O4S. The fraction of sp³-hybridized carbons (Fsp3) is 0.200. The third-order valence-electron chi connectivity index (χ3n) is 5.80. The molecule has 1 fully saturated rings. The predicted octanol–water partition coefficient (Wildman–Crippen LogP) is 4.72. The third-order valence-corrected chi connectivity index (χ3v) is 8.69. The number of nitrogens with zero attached hydrogens (tertiary/aromatic N) is 3. The lowest BCUT2D eigenvalue weighted by Gasteiger charge is -2.34. The Morgan fingerprint density at radius 3 is 2.54 bits per heavy atom. The number of aromatic nitrogens is 1. The Balaban J connectivity index is 1.69. The van der Waals surface area contributed by atoms with E-state index in [1.54, 1.807) is 30.5 Å². The van der Waals surface area contributed by atoms with E-state index in [-0.39, 0.29) is 43.5 Å². The summed E-state index contributed by atoms with van der Waals surface area (Å²) < 4.78 is 59.7. The molecule has 4 rings (SSSR count). The standard InChI is InChI=1S/C25H23ClF2IN5O4S/c1-2-13-38-32-25(35)17-15-20(22(27)23(28)24(17)31-19-7-6-16(29)14-18(19)26)39(36,37)34-11-9-33(10-12-34)21-5-3-4-8-30-21/h2-8,14-15,31H,1,9-13H2,(H,32,35). The van der Waals surface area contributed by atoms with Gasteiger partial charge in [-0.1, -0.05) is 23.7 Å². The van der Waals surface area contributed by atoms with Crippen LogP contribution in [-0.2, 0) is 14.9 Å². The smallest absolute Gasteiger partial charge is 0.277 e. The van der Waals surface area contributed by atoms with Gasteiger partial charge >= 0.3 is 0 Å². The van der Waals surface area contributed by atoms with Gasteiger partial charge in [-0.05, 0) is 59.0 Å². The zero-order chi connectivity index (χ0) is 28.2. The summed E-state index contributed by atoms with van der Waals surface area (Å²) in [5, 5.41) is 2.80. The van der Waals surface area contributed by atoms with Crippen molar-refractivity contribution in [2.24, 2.45) is 0 Å². The highest BCUT2D eigenvalue weighted by atomic mass is 127. The molecule has 0 unspecified atom stereocenters. The summed E-state index contributed by atoms with van der Waals surface area (Å²) in [5.74, 6) is -3.52. The minimum Gasteiger partial charge on any atom is -0.354 e. The molecular weight excluding hydrogens is 667 g/mol. The fourth-order valence-corrected chi connectivity index (χ4v) is 6.28. The molecule has 0 radical (unpaired) electrons. The Bertz CT molecular complexity index is 1490. The van der Waals surface area contributed by atoms with Crippen molar-refractivity contribution in [3.05, 3.63) is 87.1 Å². The van der Waals surface area contributed by atoms with Crippen LogP contribution in [0.5, 0.6) is 0 Å². The highest BCUT2D eigenvalue weighted by molar-refractivity contribution is 14.1. The molecule has 2 N–H and O–H groups in total. The van der Waals surface area contributed by atoms with Gasteiger partial charge in [-0.15, -0.1) is 6.58 Å². The molecule has 9 nitrogen and oxygen atoms in total. The van der Waals surface area contributed by atoms with E-state index in [0.717, 1.165) is 13.9 Å². The van der Waals surface area contributed by atoms with Gasteiger partial charge in [0.25, 0.3) is 5.91 Å². The van der Waals surface area contributed by atoms with Crippen LogP contribution >= 0.6 is 34.2 Å². The summed E-state index contributed by atoms with van der Waals surface area (Å²) in [7, 11) is -4.53. The zero-order valence-electron chi connectivity index (χ0n) is 20.3. The second kappa shape index (κ2) is 12.6. The molecule has 1 aromatic heterocycles. The molecule has 0 aliphatic carbocycles. The minimum absolute atomic E-state index is 0.00218. The Labute approximate surface area is 242 Å². The number of benzene rings is 2. The first kappa shape index (κ1) is 29.1. The van der Waals surface area contributed by atoms with Gasteiger partial charge in [0.05, 0.1) is 28.6 Å². The molecule has 0 spiro atoms. The second-order valence-electron chi connectivity index (χ2n) is 8.28. The normalized spacial score (nSPS) is 14.2. The number of hydroxylamine groups is 1. The van der Waals surface area contributed by atoms with E-state index in [9.17, 15) is 13.2 Å². The molecule has 2 aromatic carbocycles. The van der Waals surface area contributed by atoms with E-state index < -0.39 is 43.7 Å². The van der Waals surface area contributed by atoms with Crippen molar-refractivity contribution in [1.29, 1.82) is 0 Å². The minimum atomic E-state index is -4.53. The molecule has 3 aromatic rings. The highest BCUT2D eigenvalue weighted by Gasteiger charge is 2.35. The lowest BCUT2D eigenvalue weighted by Crippen LogP contribution is -2.49. The maximum Gasteiger partial charge on any atom is 0.277 e. The van der Waals surface area contributed by atoms with Crippen molar-refractivity contribution in [2.45, 2.75) is 4.90 Å². The van der Waals surface area contributed by atoms with E-state index in [1.165, 1.54) is 12.1 Å². The SMILES string of the molecule is C=CCONC(=O)c1cc(S(=O)(=O)N2CCN(c3ccccn3)CC2)c(F)c(F)c1Nc1ccc(I)cc1Cl. The van der Waals surface area contributed by atoms with Crippen LogP contribution in [0, 0.1) is 15.2 Å². The molecule has 1 saturated heterocycles. The number of sulfonamides is 1. The molecule has 1 aliphatic rings. The van der Waals surface area contributed by atoms with Crippen molar-refractivity contribution >= 4 is 67.3 Å². The average molecular weight is 690 g/mol. The number of pyridine rings is 1. The van der Waals surface area contributed by atoms with Gasteiger partial charge in [-0.25, -0.2) is 27.7 Å². The van der Waals surface area contributed by atoms with E-state index in [0.29, 0.717) is 5.82 Å². The maximum atomic E-state index is 15.5. The summed E-state index contributed by atoms with van der Waals surface area (Å²) in [6.07, 6.45) is 2.98. The van der Waals surface area contributed by atoms with Crippen LogP contribution in [-0.4, -0.2) is 56.4 Å². The van der Waals surface area contributed by atoms with Crippen molar-refractivity contribution in [3.63, 3.8) is 0 Å². The van der Waals surface area contributed by atoms with E-state index in [4.69, 9.17) is 16.4 Å². The van der Waals surface area contributed by atoms with Crippen molar-refractivity contribution in [1.82, 2.24) is 14.8 Å². The van der Waals surface area contributed by atoms with Crippen LogP contribution in [0.15, 0.2) is 66.2 Å². The number of carbonyl (C=O) groups is 1. The van der Waals surface area contributed by atoms with Gasteiger partial charge in [0, 0.05) is 35.9 Å². The van der Waals surface area contributed by atoms with Crippen LogP contribution in [0.1, 0.15) is 10.4 Å². The number of halogens is 4. The topological polar surface area (TPSA) is 104 Å². The summed E-state index contributed by atoms with van der Waals surface area (Å²) in [5.41, 5.74) is 1.16. The lowest BCUT2D eigenvalue weighted by molar-refractivity contribution is 0.0422. The summed E-state index contributed by atoms with van der Waals surface area (Å²) >= 11 is 8.26. The Morgan fingerprint density at radius 1 is 1.15 bits per heavy atom. The number of hydrogen-bond donors (Lipinski definition) is 2. The second-order valence-corrected chi connectivity index (χ2v) is 11.8. The molecule has 0 saturated carbocycles. The van der Waals surface area contributed by atoms with Crippen LogP contribution in [0.25, 0.3) is 0 Å². The number of rotatable bonds is 9. The number of nitrogens with one attached hydrogen (secondary N) is 2. The van der Waals surface area contributed by atoms with Gasteiger partial charge in [0.15, 0.2) is 11.6 Å². The molecule has 14 heteroatoms. The molecule has 0 bridgehead atoms. The third kappa shape index (κ3) is 6.49. The Kier molecular flexibility index (Phi) is 9.38. The monoisotopic (exact) mass is 689 g/mol. The lowest BCUT2D eigenvalue weighted by atomic mass is 10.1. The van der Waals surface area contributed by atoms with E-state index >= 15 is 8.78 Å². The highest BCUT2D eigenvalue weighted by Crippen LogP contribution is 2.35. The quantitative estimate of drug-likeness (QED) is 0.145. The van der Waals surface area contributed by atoms with Crippen LogP contribution < -0.4 is 15.7 Å². The zero-order valence-corrected chi connectivity index (χ0v) is 24.1. The summed E-state index contributed by atoms with van der Waals surface area (Å²) in [6.45, 7) is 3.96. The Morgan fingerprint density at radius 2 is 1.90 bits per heavy atom. The number of piperazine rings is 1. The Hall–Kier alpha value is -2.85. The average Bonchev–Trinajstić information content (AvgIpc) is 2.93. The number of carbonyl (C=O) groups excluding carboxylic acids is 1. The van der Waals surface area contributed by atoms with Crippen molar-refractivity contribution < 1.29 is 26.8 Å². The summed E-state index contributed by atoms with van der Waals surface area (Å²) in [4.78, 5) is 23.1. The first-order valence-electron chi connectivity index (χ1n) is 11.6. The van der Waals surface area contributed by atoms with Gasteiger partial charge < -0.3 is 10.2 Å². The van der Waals surface area contributed by atoms with E-state index in [1.807, 2.05) is 33.6 Å². The maximum absolute atomic E-state index is 15.5. The molecule has 2 heterocycles.